The number of nitrogens with one attached hydrogen (secondary N) is 3. The molecule has 0 atom stereocenters. The second kappa shape index (κ2) is 6.90. The van der Waals surface area contributed by atoms with Crippen LogP contribution in [0.2, 0.25) is 0 Å². The summed E-state index contributed by atoms with van der Waals surface area (Å²) in [6.45, 7) is 4.02. The van der Waals surface area contributed by atoms with Crippen LogP contribution in [0.4, 0.5) is 0 Å². The molecule has 0 heterocycles. The summed E-state index contributed by atoms with van der Waals surface area (Å²) in [5.41, 5.74) is 4.44. The maximum absolute atomic E-state index is 11.7. The van der Waals surface area contributed by atoms with E-state index < -0.39 is 15.7 Å². The molecule has 0 bridgehead atoms. The lowest BCUT2D eigenvalue weighted by atomic mass is 9.93. The number of ether oxygens (including phenoxy) is 1. The minimum atomic E-state index is -3.68. The topological polar surface area (TPSA) is 117 Å². The van der Waals surface area contributed by atoms with Crippen molar-refractivity contribution in [1.29, 1.82) is 5.41 Å². The van der Waals surface area contributed by atoms with E-state index in [0.29, 0.717) is 12.8 Å². The molecule has 0 spiro atoms. The molecule has 0 amide bonds. The maximum atomic E-state index is 11.7. The molecular formula is C9H22N4O3S. The van der Waals surface area contributed by atoms with Gasteiger partial charge in [0, 0.05) is 13.7 Å². The zero-order valence-electron chi connectivity index (χ0n) is 10.5. The Morgan fingerprint density at radius 2 is 1.94 bits per heavy atom. The van der Waals surface area contributed by atoms with Crippen molar-refractivity contribution in [2.24, 2.45) is 5.73 Å². The van der Waals surface area contributed by atoms with Crippen molar-refractivity contribution in [1.82, 2.24) is 9.44 Å². The minimum Gasteiger partial charge on any atom is -0.386 e. The Hall–Kier alpha value is -0.700. The van der Waals surface area contributed by atoms with Gasteiger partial charge in [0.15, 0.2) is 0 Å². The van der Waals surface area contributed by atoms with Crippen LogP contribution in [-0.4, -0.2) is 40.1 Å². The van der Waals surface area contributed by atoms with Crippen LogP contribution >= 0.6 is 0 Å². The van der Waals surface area contributed by atoms with Crippen molar-refractivity contribution in [2.75, 3.05) is 20.3 Å². The lowest BCUT2D eigenvalue weighted by molar-refractivity contribution is 0.204. The third kappa shape index (κ3) is 4.99. The highest BCUT2D eigenvalue weighted by atomic mass is 32.2. The summed E-state index contributed by atoms with van der Waals surface area (Å²) in [5, 5.41) is 7.49. The summed E-state index contributed by atoms with van der Waals surface area (Å²) < 4.78 is 32.9. The van der Waals surface area contributed by atoms with Crippen molar-refractivity contribution in [3.05, 3.63) is 0 Å². The van der Waals surface area contributed by atoms with E-state index in [-0.39, 0.29) is 19.0 Å². The van der Waals surface area contributed by atoms with Gasteiger partial charge in [0.2, 0.25) is 0 Å². The monoisotopic (exact) mass is 266 g/mol. The predicted octanol–water partition coefficient (Wildman–Crippen LogP) is -0.448. The first-order valence-corrected chi connectivity index (χ1v) is 6.94. The highest BCUT2D eigenvalue weighted by Crippen LogP contribution is 2.15. The van der Waals surface area contributed by atoms with Crippen LogP contribution in [0.3, 0.4) is 0 Å². The zero-order valence-corrected chi connectivity index (χ0v) is 11.4. The number of methoxy groups -OCH3 is 1. The zero-order chi connectivity index (χ0) is 13.5. The number of rotatable bonds is 9. The van der Waals surface area contributed by atoms with Crippen LogP contribution in [0.25, 0.3) is 0 Å². The molecule has 0 rings (SSSR count). The largest absolute Gasteiger partial charge is 0.386 e. The standard InChI is InChI=1S/C9H22N4O3S/c1-4-9(5-2,8(10)11)13-17(14,15)12-6-7-16-3/h12-13H,4-7H2,1-3H3,(H3,10,11). The van der Waals surface area contributed by atoms with Crippen LogP contribution < -0.4 is 15.2 Å². The Bertz CT molecular complexity index is 338. The molecule has 0 aromatic heterocycles. The summed E-state index contributed by atoms with van der Waals surface area (Å²) in [6.07, 6.45) is 0.841. The molecule has 0 radical (unpaired) electrons. The Labute approximate surface area is 103 Å². The molecule has 0 unspecified atom stereocenters. The summed E-state index contributed by atoms with van der Waals surface area (Å²) in [4.78, 5) is 0. The van der Waals surface area contributed by atoms with Gasteiger partial charge in [0.1, 0.15) is 5.84 Å². The van der Waals surface area contributed by atoms with Crippen molar-refractivity contribution in [3.8, 4) is 0 Å². The molecule has 0 fully saturated rings. The average molecular weight is 266 g/mol. The molecule has 0 aliphatic heterocycles. The van der Waals surface area contributed by atoms with Crippen molar-refractivity contribution >= 4 is 16.0 Å². The summed E-state index contributed by atoms with van der Waals surface area (Å²) in [6, 6.07) is 0. The minimum absolute atomic E-state index is 0.174. The van der Waals surface area contributed by atoms with Gasteiger partial charge in [-0.15, -0.1) is 0 Å². The number of amidine groups is 1. The Morgan fingerprint density at radius 3 is 2.29 bits per heavy atom. The number of nitrogens with two attached hydrogens (primary N) is 1. The van der Waals surface area contributed by atoms with Gasteiger partial charge in [-0.25, -0.2) is 0 Å². The fraction of sp³-hybridized carbons (Fsp3) is 0.889. The van der Waals surface area contributed by atoms with E-state index in [1.54, 1.807) is 13.8 Å². The van der Waals surface area contributed by atoms with Crippen LogP contribution in [0, 0.1) is 5.41 Å². The molecule has 8 heteroatoms. The second-order valence-corrected chi connectivity index (χ2v) is 5.20. The van der Waals surface area contributed by atoms with E-state index in [1.165, 1.54) is 7.11 Å². The van der Waals surface area contributed by atoms with Gasteiger partial charge in [-0.05, 0) is 12.8 Å². The highest BCUT2D eigenvalue weighted by molar-refractivity contribution is 7.87. The summed E-state index contributed by atoms with van der Waals surface area (Å²) in [7, 11) is -2.20. The van der Waals surface area contributed by atoms with E-state index in [1.807, 2.05) is 0 Å². The first-order chi connectivity index (χ1) is 7.83. The Kier molecular flexibility index (Phi) is 6.61. The molecule has 0 aromatic rings. The normalized spacial score (nSPS) is 12.6. The molecular weight excluding hydrogens is 244 g/mol. The van der Waals surface area contributed by atoms with Crippen molar-refractivity contribution < 1.29 is 13.2 Å². The first kappa shape index (κ1) is 16.3. The molecule has 0 saturated heterocycles. The van der Waals surface area contributed by atoms with Gasteiger partial charge in [0.05, 0.1) is 12.1 Å². The smallest absolute Gasteiger partial charge is 0.277 e. The van der Waals surface area contributed by atoms with E-state index in [2.05, 4.69) is 9.44 Å². The van der Waals surface area contributed by atoms with Gasteiger partial charge < -0.3 is 10.5 Å². The van der Waals surface area contributed by atoms with Crippen LogP contribution in [-0.2, 0) is 14.9 Å². The van der Waals surface area contributed by atoms with Gasteiger partial charge in [-0.2, -0.15) is 17.9 Å². The highest BCUT2D eigenvalue weighted by Gasteiger charge is 2.34. The SMILES string of the molecule is CCC(CC)(NS(=O)(=O)NCCOC)C(=N)N. The van der Waals surface area contributed by atoms with Gasteiger partial charge in [0.25, 0.3) is 10.2 Å². The number of hydrogen-bond donors (Lipinski definition) is 4. The van der Waals surface area contributed by atoms with Crippen LogP contribution in [0.5, 0.6) is 0 Å². The van der Waals surface area contributed by atoms with E-state index >= 15 is 0 Å². The fourth-order valence-electron chi connectivity index (χ4n) is 1.40. The van der Waals surface area contributed by atoms with E-state index in [9.17, 15) is 8.42 Å². The Balaban J connectivity index is 4.70. The van der Waals surface area contributed by atoms with E-state index in [4.69, 9.17) is 15.9 Å². The lowest BCUT2D eigenvalue weighted by Gasteiger charge is -2.30. The molecule has 0 aliphatic rings. The van der Waals surface area contributed by atoms with Crippen LogP contribution in [0.1, 0.15) is 26.7 Å². The van der Waals surface area contributed by atoms with Gasteiger partial charge in [-0.1, -0.05) is 13.8 Å². The van der Waals surface area contributed by atoms with E-state index in [0.717, 1.165) is 0 Å². The van der Waals surface area contributed by atoms with Crippen molar-refractivity contribution in [3.63, 3.8) is 0 Å². The molecule has 0 saturated carbocycles. The molecule has 102 valence electrons. The quantitative estimate of drug-likeness (QED) is 0.257. The number of hydrogen-bond acceptors (Lipinski definition) is 4. The first-order valence-electron chi connectivity index (χ1n) is 5.45. The average Bonchev–Trinajstić information content (AvgIpc) is 2.26. The third-order valence-electron chi connectivity index (χ3n) is 2.65. The molecule has 0 aliphatic carbocycles. The predicted molar refractivity (Wildman–Crippen MR) is 67.2 cm³/mol. The van der Waals surface area contributed by atoms with Crippen LogP contribution in [0.15, 0.2) is 0 Å². The van der Waals surface area contributed by atoms with Gasteiger partial charge in [-0.3, -0.25) is 5.41 Å². The van der Waals surface area contributed by atoms with Gasteiger partial charge >= 0.3 is 0 Å². The lowest BCUT2D eigenvalue weighted by Crippen LogP contribution is -2.59. The summed E-state index contributed by atoms with van der Waals surface area (Å²) >= 11 is 0. The molecule has 0 aromatic carbocycles. The molecule has 7 nitrogen and oxygen atoms in total. The van der Waals surface area contributed by atoms with Crippen molar-refractivity contribution in [2.45, 2.75) is 32.2 Å². The molecule has 17 heavy (non-hydrogen) atoms. The Morgan fingerprint density at radius 1 is 1.41 bits per heavy atom. The molecule has 5 N–H and O–H groups in total. The summed E-state index contributed by atoms with van der Waals surface area (Å²) in [5.74, 6) is -0.181. The fourth-order valence-corrected chi connectivity index (χ4v) is 2.74. The maximum Gasteiger partial charge on any atom is 0.277 e. The third-order valence-corrected chi connectivity index (χ3v) is 3.89. The second-order valence-electron chi connectivity index (χ2n) is 3.70.